The van der Waals surface area contributed by atoms with E-state index in [-0.39, 0.29) is 17.9 Å². The lowest BCUT2D eigenvalue weighted by molar-refractivity contribution is -0.204. The number of hydrogen-bond donors (Lipinski definition) is 1. The normalized spacial score (nSPS) is 26.7. The first-order chi connectivity index (χ1) is 14.6. The summed E-state index contributed by atoms with van der Waals surface area (Å²) in [5.74, 6) is -2.62. The van der Waals surface area contributed by atoms with E-state index in [9.17, 15) is 18.0 Å². The molecule has 1 amide bonds. The quantitative estimate of drug-likeness (QED) is 0.740. The zero-order chi connectivity index (χ0) is 22.6. The molecule has 3 aliphatic rings. The van der Waals surface area contributed by atoms with Gasteiger partial charge in [0.25, 0.3) is 5.91 Å². The number of aliphatic carboxylic acids is 1. The fourth-order valence-corrected chi connectivity index (χ4v) is 5.07. The van der Waals surface area contributed by atoms with Gasteiger partial charge in [-0.1, -0.05) is 0 Å². The highest BCUT2D eigenvalue weighted by Gasteiger charge is 2.43. The average Bonchev–Trinajstić information content (AvgIpc) is 3.36. The number of hydroxylamine groups is 2. The van der Waals surface area contributed by atoms with Crippen molar-refractivity contribution in [2.45, 2.75) is 57.5 Å². The van der Waals surface area contributed by atoms with E-state index in [0.717, 1.165) is 51.9 Å². The van der Waals surface area contributed by atoms with Gasteiger partial charge in [-0.3, -0.25) is 14.5 Å². The summed E-state index contributed by atoms with van der Waals surface area (Å²) in [6.45, 7) is 6.10. The summed E-state index contributed by atoms with van der Waals surface area (Å²) in [5, 5.41) is 8.73. The maximum absolute atomic E-state index is 12.9. The molecule has 4 rings (SSSR count). The SMILES string of the molecule is Cc1ccc(CN2C[C@H](C(=O)N3CCCCO3)C[C@H]3OCC[C@H]32)s1.O=C(O)C(F)(F)F. The number of thiophene rings is 1. The second-order valence-corrected chi connectivity index (χ2v) is 9.30. The van der Waals surface area contributed by atoms with E-state index in [2.05, 4.69) is 24.0 Å². The summed E-state index contributed by atoms with van der Waals surface area (Å²) in [4.78, 5) is 32.5. The van der Waals surface area contributed by atoms with Gasteiger partial charge in [-0.2, -0.15) is 13.2 Å². The van der Waals surface area contributed by atoms with Crippen molar-refractivity contribution in [3.63, 3.8) is 0 Å². The summed E-state index contributed by atoms with van der Waals surface area (Å²) in [6.07, 6.45) is -0.885. The molecule has 0 saturated carbocycles. The summed E-state index contributed by atoms with van der Waals surface area (Å²) in [6, 6.07) is 4.85. The molecule has 3 fully saturated rings. The number of rotatable bonds is 3. The predicted octanol–water partition coefficient (Wildman–Crippen LogP) is 3.22. The van der Waals surface area contributed by atoms with E-state index >= 15 is 0 Å². The van der Waals surface area contributed by atoms with Crippen LogP contribution >= 0.6 is 11.3 Å². The van der Waals surface area contributed by atoms with Gasteiger partial charge in [0.05, 0.1) is 18.6 Å². The Labute approximate surface area is 182 Å². The van der Waals surface area contributed by atoms with Gasteiger partial charge < -0.3 is 9.84 Å². The number of hydrogen-bond acceptors (Lipinski definition) is 6. The number of fused-ring (bicyclic) bond motifs is 1. The van der Waals surface area contributed by atoms with Crippen molar-refractivity contribution in [2.24, 2.45) is 5.92 Å². The van der Waals surface area contributed by atoms with Crippen LogP contribution in [0.5, 0.6) is 0 Å². The lowest BCUT2D eigenvalue weighted by Gasteiger charge is -2.41. The molecular weight excluding hydrogens is 437 g/mol. The van der Waals surface area contributed by atoms with Crippen LogP contribution in [0.2, 0.25) is 0 Å². The lowest BCUT2D eigenvalue weighted by atomic mass is 9.89. The van der Waals surface area contributed by atoms with Crippen molar-refractivity contribution in [2.75, 3.05) is 26.3 Å². The zero-order valence-electron chi connectivity index (χ0n) is 17.3. The topological polar surface area (TPSA) is 79.3 Å². The number of carboxylic acids is 1. The Bertz CT molecular complexity index is 766. The van der Waals surface area contributed by atoms with Gasteiger partial charge in [-0.05, 0) is 44.7 Å². The van der Waals surface area contributed by atoms with E-state index < -0.39 is 12.1 Å². The van der Waals surface area contributed by atoms with Crippen LogP contribution < -0.4 is 0 Å². The second kappa shape index (κ2) is 10.3. The highest BCUT2D eigenvalue weighted by Crippen LogP contribution is 2.34. The molecule has 1 aromatic rings. The molecule has 0 unspecified atom stereocenters. The third kappa shape index (κ3) is 6.41. The number of likely N-dealkylation sites (tertiary alicyclic amines) is 1. The van der Waals surface area contributed by atoms with Crippen molar-refractivity contribution in [3.8, 4) is 0 Å². The molecule has 0 aliphatic carbocycles. The van der Waals surface area contributed by atoms with Crippen LogP contribution in [0, 0.1) is 12.8 Å². The van der Waals surface area contributed by atoms with E-state index in [1.165, 1.54) is 9.75 Å². The minimum absolute atomic E-state index is 0.0106. The van der Waals surface area contributed by atoms with Gasteiger partial charge in [0.2, 0.25) is 0 Å². The number of carboxylic acid groups (broad SMARTS) is 1. The van der Waals surface area contributed by atoms with E-state index in [0.29, 0.717) is 12.6 Å². The fraction of sp³-hybridized carbons (Fsp3) is 0.700. The first-order valence-corrected chi connectivity index (χ1v) is 11.1. The van der Waals surface area contributed by atoms with Crippen molar-refractivity contribution >= 4 is 23.2 Å². The third-order valence-corrected chi connectivity index (χ3v) is 6.60. The van der Waals surface area contributed by atoms with Crippen LogP contribution in [0.15, 0.2) is 12.1 Å². The van der Waals surface area contributed by atoms with E-state index in [1.54, 1.807) is 5.06 Å². The standard InChI is InChI=1S/C18H26N2O3S.C2HF3O2/c1-13-4-5-15(24-13)12-19-11-14(10-17-16(19)6-9-22-17)18(21)20-7-2-3-8-23-20;3-2(4,5)1(6)7/h4-5,14,16-17H,2-3,6-12H2,1H3;(H,6,7)/t14-,16-,17-;/m1./s1. The van der Waals surface area contributed by atoms with Gasteiger partial charge in [0.1, 0.15) is 0 Å². The van der Waals surface area contributed by atoms with Crippen LogP contribution in [0.4, 0.5) is 13.2 Å². The van der Waals surface area contributed by atoms with Gasteiger partial charge in [-0.25, -0.2) is 9.86 Å². The number of carbonyl (C=O) groups is 2. The molecule has 11 heteroatoms. The Morgan fingerprint density at radius 3 is 2.58 bits per heavy atom. The Balaban J connectivity index is 0.000000339. The molecule has 1 aromatic heterocycles. The number of nitrogens with zero attached hydrogens (tertiary/aromatic N) is 2. The molecular formula is C20H27F3N2O5S. The van der Waals surface area contributed by atoms with Crippen LogP contribution in [0.25, 0.3) is 0 Å². The highest BCUT2D eigenvalue weighted by atomic mass is 32.1. The van der Waals surface area contributed by atoms with Gasteiger partial charge in [0.15, 0.2) is 0 Å². The first-order valence-electron chi connectivity index (χ1n) is 10.3. The summed E-state index contributed by atoms with van der Waals surface area (Å²) in [5.41, 5.74) is 0. The average molecular weight is 465 g/mol. The Morgan fingerprint density at radius 2 is 2.00 bits per heavy atom. The molecule has 3 aliphatic heterocycles. The van der Waals surface area contributed by atoms with Crippen LogP contribution in [0.1, 0.15) is 35.4 Å². The zero-order valence-corrected chi connectivity index (χ0v) is 18.1. The molecule has 3 saturated heterocycles. The summed E-state index contributed by atoms with van der Waals surface area (Å²) in [7, 11) is 0. The fourth-order valence-electron chi connectivity index (χ4n) is 4.16. The van der Waals surface area contributed by atoms with Crippen LogP contribution in [0.3, 0.4) is 0 Å². The van der Waals surface area contributed by atoms with Gasteiger partial charge in [0, 0.05) is 42.0 Å². The van der Waals surface area contributed by atoms with Crippen molar-refractivity contribution in [1.82, 2.24) is 9.96 Å². The van der Waals surface area contributed by atoms with Crippen molar-refractivity contribution in [3.05, 3.63) is 21.9 Å². The summed E-state index contributed by atoms with van der Waals surface area (Å²) >= 11 is 1.85. The minimum atomic E-state index is -5.08. The molecule has 7 nitrogen and oxygen atoms in total. The van der Waals surface area contributed by atoms with Gasteiger partial charge in [-0.15, -0.1) is 11.3 Å². The largest absolute Gasteiger partial charge is 0.490 e. The molecule has 0 spiro atoms. The van der Waals surface area contributed by atoms with Crippen LogP contribution in [-0.2, 0) is 25.7 Å². The Kier molecular flexibility index (Phi) is 7.95. The summed E-state index contributed by atoms with van der Waals surface area (Å²) < 4.78 is 37.7. The number of ether oxygens (including phenoxy) is 1. The number of carbonyl (C=O) groups excluding carboxylic acids is 1. The number of piperidine rings is 1. The second-order valence-electron chi connectivity index (χ2n) is 7.92. The highest BCUT2D eigenvalue weighted by molar-refractivity contribution is 7.11. The monoisotopic (exact) mass is 464 g/mol. The van der Waals surface area contributed by atoms with Crippen molar-refractivity contribution < 1.29 is 37.4 Å². The molecule has 174 valence electrons. The number of halogens is 3. The molecule has 31 heavy (non-hydrogen) atoms. The number of aryl methyl sites for hydroxylation is 1. The van der Waals surface area contributed by atoms with Crippen LogP contribution in [-0.4, -0.2) is 71.6 Å². The smallest absolute Gasteiger partial charge is 0.475 e. The molecule has 1 N–H and O–H groups in total. The van der Waals surface area contributed by atoms with E-state index in [1.807, 2.05) is 11.3 Å². The minimum Gasteiger partial charge on any atom is -0.475 e. The molecule has 0 radical (unpaired) electrons. The first kappa shape index (κ1) is 24.0. The van der Waals surface area contributed by atoms with Crippen molar-refractivity contribution in [1.29, 1.82) is 0 Å². The Morgan fingerprint density at radius 1 is 1.26 bits per heavy atom. The maximum Gasteiger partial charge on any atom is 0.490 e. The molecule has 0 aromatic carbocycles. The Hall–Kier alpha value is -1.69. The molecule has 0 bridgehead atoms. The number of amides is 1. The molecule has 4 heterocycles. The molecule has 3 atom stereocenters. The van der Waals surface area contributed by atoms with Gasteiger partial charge >= 0.3 is 12.1 Å². The predicted molar refractivity (Wildman–Crippen MR) is 106 cm³/mol. The third-order valence-electron chi connectivity index (χ3n) is 5.61. The number of alkyl halides is 3. The van der Waals surface area contributed by atoms with E-state index in [4.69, 9.17) is 19.5 Å². The lowest BCUT2D eigenvalue weighted by Crippen LogP contribution is -2.53. The maximum atomic E-state index is 12.9.